The van der Waals surface area contributed by atoms with Crippen molar-refractivity contribution in [2.75, 3.05) is 0 Å². The summed E-state index contributed by atoms with van der Waals surface area (Å²) in [5, 5.41) is 9.69. The third-order valence-corrected chi connectivity index (χ3v) is 3.48. The topological polar surface area (TPSA) is 50.4 Å². The van der Waals surface area contributed by atoms with Gasteiger partial charge < -0.3 is 9.52 Å². The highest BCUT2D eigenvalue weighted by atomic mass is 79.9. The first-order valence-corrected chi connectivity index (χ1v) is 5.99. The first kappa shape index (κ1) is 10.7. The molecule has 0 unspecified atom stereocenters. The third kappa shape index (κ3) is 2.09. The highest BCUT2D eigenvalue weighted by Gasteiger charge is 2.23. The molecule has 0 bridgehead atoms. The first-order chi connectivity index (χ1) is 7.20. The minimum Gasteiger partial charge on any atom is -0.502 e. The van der Waals surface area contributed by atoms with E-state index >= 15 is 0 Å². The minimum absolute atomic E-state index is 0.208. The Kier molecular flexibility index (Phi) is 3.14. The zero-order valence-electron chi connectivity index (χ0n) is 8.33. The number of aromatic hydroxyl groups is 1. The van der Waals surface area contributed by atoms with Gasteiger partial charge in [0.15, 0.2) is 5.76 Å². The lowest BCUT2D eigenvalue weighted by Gasteiger charge is -2.20. The highest BCUT2D eigenvalue weighted by molar-refractivity contribution is 9.10. The van der Waals surface area contributed by atoms with E-state index in [1.54, 1.807) is 0 Å². The van der Waals surface area contributed by atoms with Crippen LogP contribution in [0.2, 0.25) is 0 Å². The molecule has 0 spiro atoms. The summed E-state index contributed by atoms with van der Waals surface area (Å²) in [6.07, 6.45) is 6.88. The lowest BCUT2D eigenvalue weighted by Crippen LogP contribution is -2.10. The van der Waals surface area contributed by atoms with E-state index in [0.717, 1.165) is 25.7 Å². The molecule has 3 nitrogen and oxygen atoms in total. The Labute approximate surface area is 96.2 Å². The Bertz CT molecular complexity index is 405. The molecule has 0 radical (unpaired) electrons. The molecule has 1 fully saturated rings. The predicted molar refractivity (Wildman–Crippen MR) is 60.2 cm³/mol. The molecule has 0 saturated heterocycles. The van der Waals surface area contributed by atoms with Crippen molar-refractivity contribution in [1.29, 1.82) is 0 Å². The third-order valence-electron chi connectivity index (χ3n) is 2.93. The second kappa shape index (κ2) is 4.39. The number of rotatable bonds is 1. The average molecular weight is 273 g/mol. The fraction of sp³-hybridized carbons (Fsp3) is 0.545. The van der Waals surface area contributed by atoms with Crippen molar-refractivity contribution >= 4 is 15.9 Å². The molecule has 0 aromatic carbocycles. The Morgan fingerprint density at radius 1 is 1.33 bits per heavy atom. The van der Waals surface area contributed by atoms with E-state index in [4.69, 9.17) is 4.42 Å². The van der Waals surface area contributed by atoms with Crippen LogP contribution in [0.3, 0.4) is 0 Å². The second-order valence-electron chi connectivity index (χ2n) is 3.96. The van der Waals surface area contributed by atoms with Gasteiger partial charge in [0.2, 0.25) is 11.2 Å². The molecule has 0 aliphatic heterocycles. The van der Waals surface area contributed by atoms with E-state index < -0.39 is 0 Å². The van der Waals surface area contributed by atoms with Crippen LogP contribution >= 0.6 is 15.9 Å². The van der Waals surface area contributed by atoms with Gasteiger partial charge in [-0.25, -0.2) is 0 Å². The van der Waals surface area contributed by atoms with Crippen molar-refractivity contribution < 1.29 is 9.52 Å². The SMILES string of the molecule is O=c1c(Br)coc(C2CCCCC2)c1O. The van der Waals surface area contributed by atoms with E-state index in [-0.39, 0.29) is 21.6 Å². The maximum absolute atomic E-state index is 11.5. The standard InChI is InChI=1S/C11H13BrO3/c12-8-6-15-11(10(14)9(8)13)7-4-2-1-3-5-7/h6-7,14H,1-5H2. The van der Waals surface area contributed by atoms with Gasteiger partial charge in [-0.05, 0) is 28.8 Å². The maximum atomic E-state index is 11.5. The summed E-state index contributed by atoms with van der Waals surface area (Å²) in [6, 6.07) is 0. The molecule has 1 aliphatic carbocycles. The Morgan fingerprint density at radius 3 is 2.67 bits per heavy atom. The van der Waals surface area contributed by atoms with Crippen LogP contribution in [0.1, 0.15) is 43.8 Å². The van der Waals surface area contributed by atoms with Crippen LogP contribution in [0.25, 0.3) is 0 Å². The van der Waals surface area contributed by atoms with Gasteiger partial charge in [0.05, 0.1) is 0 Å². The summed E-state index contributed by atoms with van der Waals surface area (Å²) in [4.78, 5) is 11.5. The van der Waals surface area contributed by atoms with Crippen LogP contribution in [0.5, 0.6) is 5.75 Å². The number of hydrogen-bond donors (Lipinski definition) is 1. The molecule has 1 aliphatic rings. The van der Waals surface area contributed by atoms with Crippen LogP contribution in [0.15, 0.2) is 19.9 Å². The number of hydrogen-bond acceptors (Lipinski definition) is 3. The molecule has 1 aromatic rings. The Morgan fingerprint density at radius 2 is 2.00 bits per heavy atom. The lowest BCUT2D eigenvalue weighted by molar-refractivity contribution is 0.331. The van der Waals surface area contributed by atoms with Crippen molar-refractivity contribution in [3.05, 3.63) is 26.7 Å². The minimum atomic E-state index is -0.373. The van der Waals surface area contributed by atoms with Crippen molar-refractivity contribution in [1.82, 2.24) is 0 Å². The summed E-state index contributed by atoms with van der Waals surface area (Å²) in [6.45, 7) is 0. The molecule has 1 heterocycles. The molecular weight excluding hydrogens is 260 g/mol. The Balaban J connectivity index is 2.35. The van der Waals surface area contributed by atoms with Gasteiger partial charge in [-0.1, -0.05) is 19.3 Å². The van der Waals surface area contributed by atoms with Crippen molar-refractivity contribution in [3.8, 4) is 5.75 Å². The first-order valence-electron chi connectivity index (χ1n) is 5.20. The van der Waals surface area contributed by atoms with E-state index in [0.29, 0.717) is 5.76 Å². The summed E-state index contributed by atoms with van der Waals surface area (Å²) < 4.78 is 5.59. The molecule has 1 N–H and O–H groups in total. The van der Waals surface area contributed by atoms with Crippen LogP contribution in [0.4, 0.5) is 0 Å². The molecule has 1 saturated carbocycles. The molecule has 2 rings (SSSR count). The quantitative estimate of drug-likeness (QED) is 0.855. The Hall–Kier alpha value is -0.770. The largest absolute Gasteiger partial charge is 0.502 e. The van der Waals surface area contributed by atoms with Gasteiger partial charge >= 0.3 is 0 Å². The molecule has 15 heavy (non-hydrogen) atoms. The van der Waals surface area contributed by atoms with E-state index in [1.165, 1.54) is 12.7 Å². The predicted octanol–water partition coefficient (Wildman–Crippen LogP) is 3.16. The lowest BCUT2D eigenvalue weighted by atomic mass is 9.87. The highest BCUT2D eigenvalue weighted by Crippen LogP contribution is 2.36. The van der Waals surface area contributed by atoms with Crippen LogP contribution < -0.4 is 5.43 Å². The molecule has 0 amide bonds. The normalized spacial score (nSPS) is 17.9. The maximum Gasteiger partial charge on any atom is 0.240 e. The molecule has 0 atom stereocenters. The summed E-state index contributed by atoms with van der Waals surface area (Å²) in [7, 11) is 0. The summed E-state index contributed by atoms with van der Waals surface area (Å²) in [5.41, 5.74) is -0.373. The van der Waals surface area contributed by atoms with E-state index in [1.807, 2.05) is 0 Å². The molecular formula is C11H13BrO3. The fourth-order valence-corrected chi connectivity index (χ4v) is 2.39. The van der Waals surface area contributed by atoms with Crippen LogP contribution in [0, 0.1) is 0 Å². The summed E-state index contributed by atoms with van der Waals surface area (Å²) >= 11 is 3.04. The fourth-order valence-electron chi connectivity index (χ4n) is 2.10. The van der Waals surface area contributed by atoms with Crippen LogP contribution in [-0.2, 0) is 0 Å². The second-order valence-corrected chi connectivity index (χ2v) is 4.81. The smallest absolute Gasteiger partial charge is 0.240 e. The number of halogens is 1. The molecule has 4 heteroatoms. The van der Waals surface area contributed by atoms with Crippen molar-refractivity contribution in [2.45, 2.75) is 38.0 Å². The zero-order valence-corrected chi connectivity index (χ0v) is 9.92. The van der Waals surface area contributed by atoms with Gasteiger partial charge in [-0.3, -0.25) is 4.79 Å². The average Bonchev–Trinajstić information content (AvgIpc) is 2.27. The van der Waals surface area contributed by atoms with Crippen molar-refractivity contribution in [2.24, 2.45) is 0 Å². The molecule has 1 aromatic heterocycles. The van der Waals surface area contributed by atoms with E-state index in [2.05, 4.69) is 15.9 Å². The summed E-state index contributed by atoms with van der Waals surface area (Å²) in [5.74, 6) is 0.443. The van der Waals surface area contributed by atoms with Gasteiger partial charge in [0, 0.05) is 5.92 Å². The van der Waals surface area contributed by atoms with Crippen LogP contribution in [-0.4, -0.2) is 5.11 Å². The van der Waals surface area contributed by atoms with Gasteiger partial charge in [0.25, 0.3) is 0 Å². The van der Waals surface area contributed by atoms with E-state index in [9.17, 15) is 9.90 Å². The van der Waals surface area contributed by atoms with Gasteiger partial charge in [0.1, 0.15) is 10.7 Å². The van der Waals surface area contributed by atoms with Crippen molar-refractivity contribution in [3.63, 3.8) is 0 Å². The monoisotopic (exact) mass is 272 g/mol. The van der Waals surface area contributed by atoms with Gasteiger partial charge in [-0.2, -0.15) is 0 Å². The zero-order chi connectivity index (χ0) is 10.8. The van der Waals surface area contributed by atoms with Gasteiger partial charge in [-0.15, -0.1) is 0 Å². The molecule has 82 valence electrons.